The van der Waals surface area contributed by atoms with Crippen molar-refractivity contribution in [2.75, 3.05) is 11.9 Å². The summed E-state index contributed by atoms with van der Waals surface area (Å²) in [5.74, 6) is -0.206. The minimum absolute atomic E-state index is 0.0415. The Balaban J connectivity index is 1.90. The first kappa shape index (κ1) is 23.7. The van der Waals surface area contributed by atoms with E-state index in [4.69, 9.17) is 4.74 Å². The van der Waals surface area contributed by atoms with Crippen molar-refractivity contribution in [1.82, 2.24) is 0 Å². The fraction of sp³-hybridized carbons (Fsp3) is 0.120. The number of benzene rings is 3. The minimum atomic E-state index is -0.507. The molecule has 0 saturated heterocycles. The monoisotopic (exact) mass is 556 g/mol. The number of nitrogens with one attached hydrogen (secondary N) is 1. The summed E-state index contributed by atoms with van der Waals surface area (Å²) in [6, 6.07) is 19.0. The van der Waals surface area contributed by atoms with Crippen molar-refractivity contribution in [1.29, 1.82) is 5.26 Å². The van der Waals surface area contributed by atoms with Crippen molar-refractivity contribution >= 4 is 49.5 Å². The summed E-state index contributed by atoms with van der Waals surface area (Å²) in [6.45, 7) is 2.31. The quantitative estimate of drug-likeness (QED) is 0.254. The number of halogens is 3. The second-order valence-electron chi connectivity index (χ2n) is 6.85. The summed E-state index contributed by atoms with van der Waals surface area (Å²) in [7, 11) is 0. The van der Waals surface area contributed by atoms with E-state index >= 15 is 0 Å². The molecule has 4 nitrogen and oxygen atoms in total. The number of ether oxygens (including phenoxy) is 1. The third-order valence-corrected chi connectivity index (χ3v) is 5.76. The molecule has 32 heavy (non-hydrogen) atoms. The second-order valence-corrected chi connectivity index (χ2v) is 8.62. The molecular weight excluding hydrogens is 539 g/mol. The predicted octanol–water partition coefficient (Wildman–Crippen LogP) is 6.89. The first-order valence-corrected chi connectivity index (χ1v) is 11.4. The van der Waals surface area contributed by atoms with Crippen molar-refractivity contribution in [3.05, 3.63) is 97.7 Å². The summed E-state index contributed by atoms with van der Waals surface area (Å²) >= 11 is 6.91. The lowest BCUT2D eigenvalue weighted by atomic mass is 10.0. The normalized spacial score (nSPS) is 11.0. The van der Waals surface area contributed by atoms with E-state index in [0.29, 0.717) is 30.0 Å². The van der Waals surface area contributed by atoms with Crippen LogP contribution in [0.4, 0.5) is 10.1 Å². The Morgan fingerprint density at radius 1 is 1.16 bits per heavy atom. The number of rotatable bonds is 7. The average molecular weight is 558 g/mol. The molecule has 0 spiro atoms. The highest BCUT2D eigenvalue weighted by Crippen LogP contribution is 2.32. The number of amides is 1. The predicted molar refractivity (Wildman–Crippen MR) is 131 cm³/mol. The standard InChI is InChI=1S/C25H19Br2FN2O2/c1-2-32-24-14-17(13-23(27)22(24)12-16-4-3-5-20(28)11-16)10-18(15-29)25(31)30-21-8-6-19(26)7-9-21/h3-11,13-14H,2,12H2,1H3,(H,30,31)/b18-10+. The van der Waals surface area contributed by atoms with Crippen LogP contribution in [0.15, 0.2) is 75.2 Å². The molecule has 0 unspecified atom stereocenters. The summed E-state index contributed by atoms with van der Waals surface area (Å²) < 4.78 is 21.0. The Hall–Kier alpha value is -2.95. The summed E-state index contributed by atoms with van der Waals surface area (Å²) in [6.07, 6.45) is 1.97. The molecule has 3 rings (SSSR count). The molecule has 3 aromatic carbocycles. The Kier molecular flexibility index (Phi) is 8.20. The maximum Gasteiger partial charge on any atom is 0.266 e. The van der Waals surface area contributed by atoms with Gasteiger partial charge in [-0.3, -0.25) is 4.79 Å². The van der Waals surface area contributed by atoms with Crippen LogP contribution in [0.25, 0.3) is 6.08 Å². The number of carbonyl (C=O) groups is 1. The number of nitrogens with zero attached hydrogens (tertiary/aromatic N) is 1. The van der Waals surface area contributed by atoms with E-state index in [2.05, 4.69) is 37.2 Å². The van der Waals surface area contributed by atoms with E-state index in [0.717, 1.165) is 20.1 Å². The van der Waals surface area contributed by atoms with Gasteiger partial charge in [-0.1, -0.05) is 44.0 Å². The first-order chi connectivity index (χ1) is 15.4. The molecule has 0 fully saturated rings. The third-order valence-electron chi connectivity index (χ3n) is 4.52. The largest absolute Gasteiger partial charge is 0.494 e. The molecule has 3 aromatic rings. The summed E-state index contributed by atoms with van der Waals surface area (Å²) in [5.41, 5.74) is 2.83. The highest BCUT2D eigenvalue weighted by molar-refractivity contribution is 9.10. The third kappa shape index (κ3) is 6.28. The maximum absolute atomic E-state index is 13.6. The van der Waals surface area contributed by atoms with E-state index in [1.807, 2.05) is 19.1 Å². The van der Waals surface area contributed by atoms with E-state index < -0.39 is 5.91 Å². The highest BCUT2D eigenvalue weighted by atomic mass is 79.9. The lowest BCUT2D eigenvalue weighted by molar-refractivity contribution is -0.112. The van der Waals surface area contributed by atoms with Crippen molar-refractivity contribution in [2.24, 2.45) is 0 Å². The molecule has 1 N–H and O–H groups in total. The Morgan fingerprint density at radius 3 is 2.56 bits per heavy atom. The average Bonchev–Trinajstić information content (AvgIpc) is 2.76. The van der Waals surface area contributed by atoms with E-state index in [9.17, 15) is 14.4 Å². The van der Waals surface area contributed by atoms with Gasteiger partial charge in [0, 0.05) is 26.6 Å². The summed E-state index contributed by atoms with van der Waals surface area (Å²) in [4.78, 5) is 12.6. The summed E-state index contributed by atoms with van der Waals surface area (Å²) in [5, 5.41) is 12.2. The van der Waals surface area contributed by atoms with Crippen molar-refractivity contribution in [3.8, 4) is 11.8 Å². The molecule has 0 aliphatic carbocycles. The van der Waals surface area contributed by atoms with Gasteiger partial charge >= 0.3 is 0 Å². The molecule has 0 aliphatic heterocycles. The highest BCUT2D eigenvalue weighted by Gasteiger charge is 2.14. The van der Waals surface area contributed by atoms with Gasteiger partial charge in [0.25, 0.3) is 5.91 Å². The Labute approximate surface area is 203 Å². The number of anilines is 1. The van der Waals surface area contributed by atoms with Crippen LogP contribution in [0.3, 0.4) is 0 Å². The van der Waals surface area contributed by atoms with Crippen LogP contribution < -0.4 is 10.1 Å². The van der Waals surface area contributed by atoms with Crippen LogP contribution in [-0.4, -0.2) is 12.5 Å². The number of nitriles is 1. The van der Waals surface area contributed by atoms with Gasteiger partial charge in [0.1, 0.15) is 23.2 Å². The van der Waals surface area contributed by atoms with Crippen molar-refractivity contribution in [3.63, 3.8) is 0 Å². The van der Waals surface area contributed by atoms with Crippen LogP contribution >= 0.6 is 31.9 Å². The molecular formula is C25H19Br2FN2O2. The molecule has 0 aromatic heterocycles. The van der Waals surface area contributed by atoms with Crippen LogP contribution in [0, 0.1) is 17.1 Å². The van der Waals surface area contributed by atoms with Gasteiger partial charge in [0.05, 0.1) is 6.61 Å². The second kappa shape index (κ2) is 11.1. The lowest BCUT2D eigenvalue weighted by Gasteiger charge is -2.14. The topological polar surface area (TPSA) is 62.1 Å². The van der Waals surface area contributed by atoms with Crippen LogP contribution in [0.5, 0.6) is 5.75 Å². The van der Waals surface area contributed by atoms with Crippen LogP contribution in [-0.2, 0) is 11.2 Å². The maximum atomic E-state index is 13.6. The van der Waals surface area contributed by atoms with E-state index in [-0.39, 0.29) is 11.4 Å². The first-order valence-electron chi connectivity index (χ1n) is 9.78. The Morgan fingerprint density at radius 2 is 1.91 bits per heavy atom. The van der Waals surface area contributed by atoms with Crippen LogP contribution in [0.1, 0.15) is 23.6 Å². The van der Waals surface area contributed by atoms with Gasteiger partial charge in [-0.2, -0.15) is 5.26 Å². The van der Waals surface area contributed by atoms with Crippen LogP contribution in [0.2, 0.25) is 0 Å². The molecule has 0 atom stereocenters. The SMILES string of the molecule is CCOc1cc(/C=C(\C#N)C(=O)Nc2ccc(Br)cc2)cc(Br)c1Cc1cccc(F)c1. The fourth-order valence-corrected chi connectivity index (χ4v) is 3.93. The molecule has 7 heteroatoms. The minimum Gasteiger partial charge on any atom is -0.494 e. The zero-order chi connectivity index (χ0) is 23.1. The van der Waals surface area contributed by atoms with Gasteiger partial charge in [0.2, 0.25) is 0 Å². The van der Waals surface area contributed by atoms with Gasteiger partial charge in [-0.05, 0) is 72.7 Å². The number of hydrogen-bond acceptors (Lipinski definition) is 3. The zero-order valence-electron chi connectivity index (χ0n) is 17.2. The van der Waals surface area contributed by atoms with E-state index in [1.165, 1.54) is 18.2 Å². The molecule has 0 aliphatic rings. The van der Waals surface area contributed by atoms with Gasteiger partial charge in [0.15, 0.2) is 0 Å². The fourth-order valence-electron chi connectivity index (χ4n) is 3.07. The smallest absolute Gasteiger partial charge is 0.266 e. The van der Waals surface area contributed by atoms with Crippen molar-refractivity contribution in [2.45, 2.75) is 13.3 Å². The molecule has 0 heterocycles. The van der Waals surface area contributed by atoms with Gasteiger partial charge < -0.3 is 10.1 Å². The number of hydrogen-bond donors (Lipinski definition) is 1. The van der Waals surface area contributed by atoms with Gasteiger partial charge in [-0.25, -0.2) is 4.39 Å². The lowest BCUT2D eigenvalue weighted by Crippen LogP contribution is -2.13. The molecule has 1 amide bonds. The van der Waals surface area contributed by atoms with Crippen molar-refractivity contribution < 1.29 is 13.9 Å². The molecule has 162 valence electrons. The Bertz CT molecular complexity index is 1200. The molecule has 0 radical (unpaired) electrons. The van der Waals surface area contributed by atoms with E-state index in [1.54, 1.807) is 42.5 Å². The molecule has 0 bridgehead atoms. The zero-order valence-corrected chi connectivity index (χ0v) is 20.3. The number of carbonyl (C=O) groups excluding carboxylic acids is 1. The molecule has 0 saturated carbocycles. The van der Waals surface area contributed by atoms with Gasteiger partial charge in [-0.15, -0.1) is 0 Å².